The fourth-order valence-electron chi connectivity index (χ4n) is 1.49. The van der Waals surface area contributed by atoms with Gasteiger partial charge < -0.3 is 16.0 Å². The fraction of sp³-hybridized carbons (Fsp3) is 0.500. The van der Waals surface area contributed by atoms with E-state index in [9.17, 15) is 0 Å². The molecule has 0 aliphatic heterocycles. The Morgan fingerprint density at radius 2 is 2.00 bits per heavy atom. The standard InChI is InChI=1S/C14H23N3S/c1-10-6-7-11(13(15)18)12(8-10)16-9-14(2,3)17(4)5/h6-8,16H,9H2,1-5H3,(H2,15,18). The van der Waals surface area contributed by atoms with Crippen LogP contribution < -0.4 is 11.1 Å². The first-order valence-electron chi connectivity index (χ1n) is 6.06. The zero-order chi connectivity index (χ0) is 13.9. The van der Waals surface area contributed by atoms with Gasteiger partial charge in [0.25, 0.3) is 0 Å². The van der Waals surface area contributed by atoms with E-state index in [-0.39, 0.29) is 5.54 Å². The first-order valence-corrected chi connectivity index (χ1v) is 6.46. The topological polar surface area (TPSA) is 41.3 Å². The molecule has 0 radical (unpaired) electrons. The van der Waals surface area contributed by atoms with Crippen molar-refractivity contribution in [2.75, 3.05) is 26.0 Å². The maximum Gasteiger partial charge on any atom is 0.106 e. The Bertz CT molecular complexity index is 439. The number of thiocarbonyl (C=S) groups is 1. The van der Waals surface area contributed by atoms with Crippen LogP contribution >= 0.6 is 12.2 Å². The minimum atomic E-state index is 0.0667. The second-order valence-electron chi connectivity index (χ2n) is 5.47. The van der Waals surface area contributed by atoms with Crippen LogP contribution in [0.4, 0.5) is 5.69 Å². The van der Waals surface area contributed by atoms with E-state index >= 15 is 0 Å². The third-order valence-corrected chi connectivity index (χ3v) is 3.58. The molecule has 1 aromatic rings. The van der Waals surface area contributed by atoms with E-state index in [4.69, 9.17) is 18.0 Å². The van der Waals surface area contributed by atoms with Gasteiger partial charge in [-0.1, -0.05) is 18.3 Å². The quantitative estimate of drug-likeness (QED) is 0.802. The Labute approximate surface area is 115 Å². The van der Waals surface area contributed by atoms with Crippen molar-refractivity contribution < 1.29 is 0 Å². The van der Waals surface area contributed by atoms with Crippen molar-refractivity contribution in [1.29, 1.82) is 0 Å². The van der Waals surface area contributed by atoms with Crippen molar-refractivity contribution in [1.82, 2.24) is 4.90 Å². The molecule has 0 saturated heterocycles. The summed E-state index contributed by atoms with van der Waals surface area (Å²) in [5, 5.41) is 3.45. The Hall–Kier alpha value is -1.13. The predicted octanol–water partition coefficient (Wildman–Crippen LogP) is 2.38. The van der Waals surface area contributed by atoms with Crippen LogP contribution in [0, 0.1) is 6.92 Å². The van der Waals surface area contributed by atoms with Crippen LogP contribution in [0.3, 0.4) is 0 Å². The molecule has 0 saturated carbocycles. The number of aryl methyl sites for hydroxylation is 1. The highest BCUT2D eigenvalue weighted by molar-refractivity contribution is 7.80. The Kier molecular flexibility index (Phi) is 4.71. The van der Waals surface area contributed by atoms with Crippen molar-refractivity contribution in [2.24, 2.45) is 5.73 Å². The van der Waals surface area contributed by atoms with Gasteiger partial charge >= 0.3 is 0 Å². The van der Waals surface area contributed by atoms with E-state index in [0.717, 1.165) is 17.8 Å². The maximum atomic E-state index is 5.74. The number of nitrogens with zero attached hydrogens (tertiary/aromatic N) is 1. The molecule has 18 heavy (non-hydrogen) atoms. The highest BCUT2D eigenvalue weighted by atomic mass is 32.1. The van der Waals surface area contributed by atoms with Crippen LogP contribution in [0.2, 0.25) is 0 Å². The highest BCUT2D eigenvalue weighted by Gasteiger charge is 2.20. The smallest absolute Gasteiger partial charge is 0.106 e. The van der Waals surface area contributed by atoms with Crippen LogP contribution in [-0.2, 0) is 0 Å². The van der Waals surface area contributed by atoms with Crippen LogP contribution in [-0.4, -0.2) is 36.1 Å². The Morgan fingerprint density at radius 3 is 2.50 bits per heavy atom. The molecule has 0 heterocycles. The molecule has 0 fully saturated rings. The lowest BCUT2D eigenvalue weighted by molar-refractivity contribution is 0.210. The number of nitrogens with two attached hydrogens (primary N) is 1. The lowest BCUT2D eigenvalue weighted by atomic mass is 10.0. The first kappa shape index (κ1) is 14.9. The van der Waals surface area contributed by atoms with E-state index in [0.29, 0.717) is 4.99 Å². The van der Waals surface area contributed by atoms with Crippen molar-refractivity contribution in [2.45, 2.75) is 26.3 Å². The average molecular weight is 265 g/mol. The summed E-state index contributed by atoms with van der Waals surface area (Å²) in [5.74, 6) is 0. The molecule has 1 rings (SSSR count). The number of hydrogen-bond acceptors (Lipinski definition) is 3. The zero-order valence-corrected chi connectivity index (χ0v) is 12.7. The van der Waals surface area contributed by atoms with Crippen LogP contribution in [0.25, 0.3) is 0 Å². The van der Waals surface area contributed by atoms with Gasteiger partial charge in [-0.2, -0.15) is 0 Å². The molecule has 1 aromatic carbocycles. The largest absolute Gasteiger partial charge is 0.389 e. The summed E-state index contributed by atoms with van der Waals surface area (Å²) < 4.78 is 0. The second kappa shape index (κ2) is 5.67. The van der Waals surface area contributed by atoms with Gasteiger partial charge in [-0.15, -0.1) is 0 Å². The van der Waals surface area contributed by atoms with Gasteiger partial charge in [0.1, 0.15) is 4.99 Å². The molecule has 0 spiro atoms. The summed E-state index contributed by atoms with van der Waals surface area (Å²) in [7, 11) is 4.15. The summed E-state index contributed by atoms with van der Waals surface area (Å²) in [6.07, 6.45) is 0. The Morgan fingerprint density at radius 1 is 1.39 bits per heavy atom. The molecule has 0 bridgehead atoms. The van der Waals surface area contributed by atoms with Crippen molar-refractivity contribution in [3.8, 4) is 0 Å². The number of nitrogens with one attached hydrogen (secondary N) is 1. The SMILES string of the molecule is Cc1ccc(C(N)=S)c(NCC(C)(C)N(C)C)c1. The zero-order valence-electron chi connectivity index (χ0n) is 11.9. The van der Waals surface area contributed by atoms with Crippen molar-refractivity contribution in [3.05, 3.63) is 29.3 Å². The Balaban J connectivity index is 2.90. The van der Waals surface area contributed by atoms with Gasteiger partial charge in [-0.3, -0.25) is 0 Å². The summed E-state index contributed by atoms with van der Waals surface area (Å²) in [6, 6.07) is 6.08. The monoisotopic (exact) mass is 265 g/mol. The summed E-state index contributed by atoms with van der Waals surface area (Å²) in [5.41, 5.74) is 8.93. The van der Waals surface area contributed by atoms with Gasteiger partial charge in [-0.05, 0) is 52.6 Å². The number of likely N-dealkylation sites (N-methyl/N-ethyl adjacent to an activating group) is 1. The van der Waals surface area contributed by atoms with E-state index in [1.54, 1.807) is 0 Å². The molecule has 0 amide bonds. The third kappa shape index (κ3) is 3.68. The molecule has 100 valence electrons. The number of anilines is 1. The molecule has 0 aliphatic carbocycles. The average Bonchev–Trinajstić information content (AvgIpc) is 2.26. The van der Waals surface area contributed by atoms with Gasteiger partial charge in [0.2, 0.25) is 0 Å². The molecule has 3 nitrogen and oxygen atoms in total. The molecule has 3 N–H and O–H groups in total. The predicted molar refractivity (Wildman–Crippen MR) is 83.3 cm³/mol. The fourth-order valence-corrected chi connectivity index (χ4v) is 1.67. The van der Waals surface area contributed by atoms with Gasteiger partial charge in [-0.25, -0.2) is 0 Å². The van der Waals surface area contributed by atoms with Crippen molar-refractivity contribution in [3.63, 3.8) is 0 Å². The van der Waals surface area contributed by atoms with E-state index in [1.165, 1.54) is 5.56 Å². The third-order valence-electron chi connectivity index (χ3n) is 3.36. The highest BCUT2D eigenvalue weighted by Crippen LogP contribution is 2.19. The van der Waals surface area contributed by atoms with E-state index in [1.807, 2.05) is 12.1 Å². The molecule has 0 aromatic heterocycles. The summed E-state index contributed by atoms with van der Waals surface area (Å²) >= 11 is 5.08. The molecule has 0 aliphatic rings. The lowest BCUT2D eigenvalue weighted by Crippen LogP contribution is -2.44. The van der Waals surface area contributed by atoms with Crippen LogP contribution in [0.15, 0.2) is 18.2 Å². The lowest BCUT2D eigenvalue weighted by Gasteiger charge is -2.33. The number of benzene rings is 1. The van der Waals surface area contributed by atoms with Gasteiger partial charge in [0, 0.05) is 23.3 Å². The van der Waals surface area contributed by atoms with E-state index in [2.05, 4.69) is 51.1 Å². The van der Waals surface area contributed by atoms with Crippen molar-refractivity contribution >= 4 is 22.9 Å². The summed E-state index contributed by atoms with van der Waals surface area (Å²) in [6.45, 7) is 7.27. The van der Waals surface area contributed by atoms with E-state index < -0.39 is 0 Å². The second-order valence-corrected chi connectivity index (χ2v) is 5.91. The minimum absolute atomic E-state index is 0.0667. The first-order chi connectivity index (χ1) is 8.24. The minimum Gasteiger partial charge on any atom is -0.389 e. The molecular weight excluding hydrogens is 242 g/mol. The molecule has 4 heteroatoms. The summed E-state index contributed by atoms with van der Waals surface area (Å²) in [4.78, 5) is 2.62. The van der Waals surface area contributed by atoms with Gasteiger partial charge in [0.15, 0.2) is 0 Å². The number of hydrogen-bond donors (Lipinski definition) is 2. The number of rotatable bonds is 5. The molecular formula is C14H23N3S. The molecule has 0 unspecified atom stereocenters. The maximum absolute atomic E-state index is 5.74. The van der Waals surface area contributed by atoms with Crippen LogP contribution in [0.5, 0.6) is 0 Å². The van der Waals surface area contributed by atoms with Crippen LogP contribution in [0.1, 0.15) is 25.0 Å². The van der Waals surface area contributed by atoms with Gasteiger partial charge in [0.05, 0.1) is 0 Å². The normalized spacial score (nSPS) is 11.7. The molecule has 0 atom stereocenters.